The summed E-state index contributed by atoms with van der Waals surface area (Å²) in [5.74, 6) is 0.530. The van der Waals surface area contributed by atoms with Crippen molar-refractivity contribution in [1.29, 1.82) is 5.26 Å². The molecule has 1 aliphatic heterocycles. The van der Waals surface area contributed by atoms with Crippen molar-refractivity contribution in [1.82, 2.24) is 14.5 Å². The molecule has 6 nitrogen and oxygen atoms in total. The molecule has 0 saturated carbocycles. The fraction of sp³-hybridized carbons (Fsp3) is 0.350. The second-order valence-electron chi connectivity index (χ2n) is 7.28. The number of aromatic nitrogens is 3. The van der Waals surface area contributed by atoms with E-state index in [1.165, 1.54) is 12.3 Å². The van der Waals surface area contributed by atoms with E-state index in [9.17, 15) is 17.6 Å². The van der Waals surface area contributed by atoms with Crippen LogP contribution in [0.15, 0.2) is 36.5 Å². The number of rotatable bonds is 3. The first kappa shape index (κ1) is 20.1. The molecule has 30 heavy (non-hydrogen) atoms. The minimum absolute atomic E-state index is 0.216. The fourth-order valence-electron chi connectivity index (χ4n) is 3.59. The van der Waals surface area contributed by atoms with Gasteiger partial charge in [0.2, 0.25) is 5.95 Å². The maximum Gasteiger partial charge on any atom is 0.433 e. The lowest BCUT2D eigenvalue weighted by Crippen LogP contribution is -2.50. The summed E-state index contributed by atoms with van der Waals surface area (Å²) < 4.78 is 54.1. The number of pyridine rings is 1. The lowest BCUT2D eigenvalue weighted by atomic mass is 10.1. The highest BCUT2D eigenvalue weighted by Gasteiger charge is 2.32. The van der Waals surface area contributed by atoms with Crippen LogP contribution in [0.25, 0.3) is 11.0 Å². The molecule has 3 heterocycles. The van der Waals surface area contributed by atoms with Crippen molar-refractivity contribution in [2.45, 2.75) is 31.4 Å². The molecule has 2 atom stereocenters. The van der Waals surface area contributed by atoms with Gasteiger partial charge in [0.15, 0.2) is 0 Å². The molecule has 10 heteroatoms. The Hall–Kier alpha value is -3.19. The highest BCUT2D eigenvalue weighted by molar-refractivity contribution is 5.80. The second-order valence-corrected chi connectivity index (χ2v) is 7.28. The summed E-state index contributed by atoms with van der Waals surface area (Å²) in [4.78, 5) is 10.00. The van der Waals surface area contributed by atoms with Gasteiger partial charge in [-0.3, -0.25) is 4.98 Å². The van der Waals surface area contributed by atoms with Crippen molar-refractivity contribution >= 4 is 17.0 Å². The van der Waals surface area contributed by atoms with Gasteiger partial charge in [0.05, 0.1) is 35.3 Å². The summed E-state index contributed by atoms with van der Waals surface area (Å²) in [5, 5.41) is 9.16. The molecule has 3 aromatic rings. The summed E-state index contributed by atoms with van der Waals surface area (Å²) in [6.45, 7) is 0.892. The van der Waals surface area contributed by atoms with Crippen LogP contribution in [0.2, 0.25) is 0 Å². The summed E-state index contributed by atoms with van der Waals surface area (Å²) in [5.41, 5.74) is 7.20. The molecule has 0 radical (unpaired) electrons. The number of halogens is 4. The molecule has 0 spiro atoms. The van der Waals surface area contributed by atoms with Gasteiger partial charge < -0.3 is 15.2 Å². The minimum Gasteiger partial charge on any atom is -0.340 e. The average Bonchev–Trinajstić information content (AvgIpc) is 3.07. The molecule has 1 fully saturated rings. The molecule has 1 saturated heterocycles. The first-order valence-corrected chi connectivity index (χ1v) is 9.33. The summed E-state index contributed by atoms with van der Waals surface area (Å²) in [7, 11) is 0. The third-order valence-electron chi connectivity index (χ3n) is 5.17. The van der Waals surface area contributed by atoms with Crippen LogP contribution in [-0.4, -0.2) is 39.8 Å². The SMILES string of the molecule is N#Cc1ccc2c(c1)nc(N1CC[C@@H](F)[C@H](N)C1)n2Cc1ccc(C(F)(F)F)nc1. The Labute approximate surface area is 169 Å². The van der Waals surface area contributed by atoms with Gasteiger partial charge in [-0.05, 0) is 36.2 Å². The van der Waals surface area contributed by atoms with E-state index >= 15 is 0 Å². The molecule has 0 amide bonds. The van der Waals surface area contributed by atoms with Gasteiger partial charge in [0, 0.05) is 19.3 Å². The van der Waals surface area contributed by atoms with Crippen LogP contribution in [0, 0.1) is 11.3 Å². The zero-order valence-corrected chi connectivity index (χ0v) is 15.8. The van der Waals surface area contributed by atoms with Gasteiger partial charge in [-0.15, -0.1) is 0 Å². The Kier molecular flexibility index (Phi) is 5.07. The second kappa shape index (κ2) is 7.57. The largest absolute Gasteiger partial charge is 0.433 e. The topological polar surface area (TPSA) is 83.8 Å². The van der Waals surface area contributed by atoms with E-state index in [0.29, 0.717) is 34.7 Å². The number of alkyl halides is 4. The molecule has 0 aliphatic carbocycles. The number of fused-ring (bicyclic) bond motifs is 1. The first-order valence-electron chi connectivity index (χ1n) is 9.33. The predicted octanol–water partition coefficient (Wildman–Crippen LogP) is 3.25. The van der Waals surface area contributed by atoms with Crippen LogP contribution < -0.4 is 10.6 Å². The van der Waals surface area contributed by atoms with Crippen LogP contribution >= 0.6 is 0 Å². The summed E-state index contributed by atoms with van der Waals surface area (Å²) in [6, 6.07) is 8.74. The van der Waals surface area contributed by atoms with Gasteiger partial charge in [-0.1, -0.05) is 6.07 Å². The van der Waals surface area contributed by atoms with Crippen LogP contribution in [0.5, 0.6) is 0 Å². The molecular weight excluding hydrogens is 400 g/mol. The minimum atomic E-state index is -4.51. The standard InChI is InChI=1S/C20H18F4N6/c21-14-5-6-29(11-15(14)26)19-28-16-7-12(8-25)1-3-17(16)30(19)10-13-2-4-18(27-9-13)20(22,23)24/h1-4,7,9,14-15H,5-6,10-11,26H2/t14-,15-/m1/s1. The lowest BCUT2D eigenvalue weighted by Gasteiger charge is -2.34. The van der Waals surface area contributed by atoms with E-state index in [4.69, 9.17) is 11.0 Å². The smallest absolute Gasteiger partial charge is 0.340 e. The molecule has 1 aromatic carbocycles. The van der Waals surface area contributed by atoms with Gasteiger partial charge in [0.1, 0.15) is 11.9 Å². The highest BCUT2D eigenvalue weighted by atomic mass is 19.4. The monoisotopic (exact) mass is 418 g/mol. The number of benzene rings is 1. The van der Waals surface area contributed by atoms with Crippen LogP contribution in [0.3, 0.4) is 0 Å². The highest BCUT2D eigenvalue weighted by Crippen LogP contribution is 2.29. The van der Waals surface area contributed by atoms with Gasteiger partial charge in [-0.25, -0.2) is 9.37 Å². The third-order valence-corrected chi connectivity index (χ3v) is 5.17. The molecule has 2 aromatic heterocycles. The Morgan fingerprint density at radius 3 is 2.67 bits per heavy atom. The number of hydrogen-bond acceptors (Lipinski definition) is 5. The molecular formula is C20H18F4N6. The number of nitrogens with zero attached hydrogens (tertiary/aromatic N) is 5. The Bertz CT molecular complexity index is 1100. The Morgan fingerprint density at radius 2 is 2.03 bits per heavy atom. The lowest BCUT2D eigenvalue weighted by molar-refractivity contribution is -0.141. The molecule has 0 unspecified atom stereocenters. The van der Waals surface area contributed by atoms with Crippen molar-refractivity contribution in [3.05, 3.63) is 53.3 Å². The normalized spacial score (nSPS) is 19.8. The Balaban J connectivity index is 1.74. The summed E-state index contributed by atoms with van der Waals surface area (Å²) >= 11 is 0. The van der Waals surface area contributed by atoms with E-state index in [-0.39, 0.29) is 19.5 Å². The van der Waals surface area contributed by atoms with E-state index < -0.39 is 24.1 Å². The fourth-order valence-corrected chi connectivity index (χ4v) is 3.59. The first-order chi connectivity index (χ1) is 14.3. The number of nitrogens with two attached hydrogens (primary N) is 1. The van der Waals surface area contributed by atoms with Gasteiger partial charge >= 0.3 is 6.18 Å². The van der Waals surface area contributed by atoms with E-state index in [0.717, 1.165) is 6.07 Å². The predicted molar refractivity (Wildman–Crippen MR) is 102 cm³/mol. The van der Waals surface area contributed by atoms with E-state index in [1.54, 1.807) is 18.2 Å². The van der Waals surface area contributed by atoms with E-state index in [1.807, 2.05) is 9.47 Å². The number of anilines is 1. The molecule has 0 bridgehead atoms. The van der Waals surface area contributed by atoms with Crippen LogP contribution in [-0.2, 0) is 12.7 Å². The zero-order chi connectivity index (χ0) is 21.5. The number of hydrogen-bond donors (Lipinski definition) is 1. The van der Waals surface area contributed by atoms with Crippen molar-refractivity contribution in [3.8, 4) is 6.07 Å². The molecule has 2 N–H and O–H groups in total. The zero-order valence-electron chi connectivity index (χ0n) is 15.8. The Morgan fingerprint density at radius 1 is 1.23 bits per heavy atom. The van der Waals surface area contributed by atoms with Crippen molar-refractivity contribution in [2.24, 2.45) is 5.73 Å². The molecule has 4 rings (SSSR count). The van der Waals surface area contributed by atoms with Gasteiger partial charge in [-0.2, -0.15) is 18.4 Å². The average molecular weight is 418 g/mol. The van der Waals surface area contributed by atoms with E-state index in [2.05, 4.69) is 16.0 Å². The number of piperidine rings is 1. The number of nitriles is 1. The maximum absolute atomic E-state index is 13.8. The quantitative estimate of drug-likeness (QED) is 0.661. The molecule has 1 aliphatic rings. The van der Waals surface area contributed by atoms with Crippen molar-refractivity contribution < 1.29 is 17.6 Å². The van der Waals surface area contributed by atoms with Gasteiger partial charge in [0.25, 0.3) is 0 Å². The third kappa shape index (κ3) is 3.80. The van der Waals surface area contributed by atoms with Crippen LogP contribution in [0.1, 0.15) is 23.2 Å². The van der Waals surface area contributed by atoms with Crippen molar-refractivity contribution in [2.75, 3.05) is 18.0 Å². The number of imidazole rings is 1. The summed E-state index contributed by atoms with van der Waals surface area (Å²) in [6.07, 6.45) is -4.16. The maximum atomic E-state index is 13.8. The van der Waals surface area contributed by atoms with Crippen LogP contribution in [0.4, 0.5) is 23.5 Å². The van der Waals surface area contributed by atoms with Crippen molar-refractivity contribution in [3.63, 3.8) is 0 Å². The molecule has 156 valence electrons.